The predicted octanol–water partition coefficient (Wildman–Crippen LogP) is 3.52. The molecule has 23 heavy (non-hydrogen) atoms. The molecule has 0 bridgehead atoms. The summed E-state index contributed by atoms with van der Waals surface area (Å²) in [4.78, 5) is 10.9. The zero-order valence-corrected chi connectivity index (χ0v) is 13.4. The van der Waals surface area contributed by atoms with Crippen LogP contribution in [0.1, 0.15) is 56.1 Å². The molecule has 0 amide bonds. The van der Waals surface area contributed by atoms with E-state index in [0.29, 0.717) is 24.2 Å². The third kappa shape index (κ3) is 1.95. The summed E-state index contributed by atoms with van der Waals surface area (Å²) in [5, 5.41) is 31.6. The average Bonchev–Trinajstić information content (AvgIpc) is 2.82. The number of aliphatic hydroxyl groups excluding tert-OH is 1. The fourth-order valence-electron chi connectivity index (χ4n) is 5.81. The number of rotatable bonds is 1. The topological polar surface area (TPSA) is 83.6 Å². The maximum absolute atomic E-state index is 11.3. The molecule has 0 aromatic heterocycles. The molecule has 1 aromatic rings. The van der Waals surface area contributed by atoms with Gasteiger partial charge in [-0.2, -0.15) is 0 Å². The smallest absolute Gasteiger partial charge is 0.314 e. The van der Waals surface area contributed by atoms with Crippen molar-refractivity contribution in [3.63, 3.8) is 0 Å². The first-order chi connectivity index (χ1) is 10.9. The van der Waals surface area contributed by atoms with Gasteiger partial charge in [-0.1, -0.05) is 13.0 Å². The molecule has 4 rings (SSSR count). The first-order valence-electron chi connectivity index (χ1n) is 8.60. The van der Waals surface area contributed by atoms with Gasteiger partial charge in [-0.15, -0.1) is 0 Å². The molecule has 0 heterocycles. The summed E-state index contributed by atoms with van der Waals surface area (Å²) in [5.41, 5.74) is 1.72. The van der Waals surface area contributed by atoms with Crippen LogP contribution in [0.25, 0.3) is 0 Å². The van der Waals surface area contributed by atoms with Gasteiger partial charge in [-0.05, 0) is 73.3 Å². The number of benzene rings is 1. The van der Waals surface area contributed by atoms with E-state index in [0.717, 1.165) is 43.2 Å². The maximum atomic E-state index is 11.3. The van der Waals surface area contributed by atoms with Gasteiger partial charge < -0.3 is 10.2 Å². The van der Waals surface area contributed by atoms with Crippen LogP contribution in [0.2, 0.25) is 0 Å². The Morgan fingerprint density at radius 2 is 2.04 bits per heavy atom. The molecule has 2 N–H and O–H groups in total. The van der Waals surface area contributed by atoms with Gasteiger partial charge in [0.25, 0.3) is 0 Å². The van der Waals surface area contributed by atoms with Crippen molar-refractivity contribution in [3.8, 4) is 5.75 Å². The average molecular weight is 317 g/mol. The molecule has 5 heteroatoms. The molecule has 5 atom stereocenters. The highest BCUT2D eigenvalue weighted by molar-refractivity contribution is 5.57. The van der Waals surface area contributed by atoms with Crippen LogP contribution in [0, 0.1) is 27.4 Å². The first-order valence-corrected chi connectivity index (χ1v) is 8.60. The molecule has 0 spiro atoms. The minimum Gasteiger partial charge on any atom is -0.502 e. The summed E-state index contributed by atoms with van der Waals surface area (Å²) in [6.07, 6.45) is 5.28. The van der Waals surface area contributed by atoms with Crippen molar-refractivity contribution in [2.45, 2.75) is 57.5 Å². The number of fused-ring (bicyclic) bond motifs is 5. The van der Waals surface area contributed by atoms with Crippen LogP contribution in [-0.4, -0.2) is 21.2 Å². The normalized spacial score (nSPS) is 38.5. The first kappa shape index (κ1) is 14.9. The summed E-state index contributed by atoms with van der Waals surface area (Å²) in [7, 11) is 0. The van der Waals surface area contributed by atoms with Crippen molar-refractivity contribution < 1.29 is 15.1 Å². The fraction of sp³-hybridized carbons (Fsp3) is 0.667. The van der Waals surface area contributed by atoms with Gasteiger partial charge in [0, 0.05) is 5.56 Å². The van der Waals surface area contributed by atoms with Gasteiger partial charge in [0.2, 0.25) is 0 Å². The Labute approximate surface area is 135 Å². The van der Waals surface area contributed by atoms with E-state index in [1.165, 1.54) is 6.07 Å². The zero-order valence-electron chi connectivity index (χ0n) is 13.4. The van der Waals surface area contributed by atoms with Gasteiger partial charge in [0.1, 0.15) is 0 Å². The van der Waals surface area contributed by atoms with E-state index in [9.17, 15) is 20.3 Å². The second-order valence-corrected chi connectivity index (χ2v) is 7.81. The fourth-order valence-corrected chi connectivity index (χ4v) is 5.81. The molecular formula is C18H23NO4. The van der Waals surface area contributed by atoms with E-state index in [4.69, 9.17) is 0 Å². The molecule has 5 nitrogen and oxygen atoms in total. The van der Waals surface area contributed by atoms with Crippen LogP contribution in [0.4, 0.5) is 5.69 Å². The van der Waals surface area contributed by atoms with Crippen molar-refractivity contribution in [2.24, 2.45) is 17.3 Å². The van der Waals surface area contributed by atoms with Crippen LogP contribution < -0.4 is 0 Å². The lowest BCUT2D eigenvalue weighted by Gasteiger charge is -2.49. The monoisotopic (exact) mass is 317 g/mol. The zero-order chi connectivity index (χ0) is 16.4. The minimum absolute atomic E-state index is 0.0154. The number of nitro groups is 1. The number of phenolic OH excluding ortho intramolecular Hbond substituents is 1. The summed E-state index contributed by atoms with van der Waals surface area (Å²) >= 11 is 0. The van der Waals surface area contributed by atoms with E-state index >= 15 is 0 Å². The molecule has 0 radical (unpaired) electrons. The van der Waals surface area contributed by atoms with Crippen molar-refractivity contribution >= 4 is 5.69 Å². The van der Waals surface area contributed by atoms with Crippen LogP contribution >= 0.6 is 0 Å². The van der Waals surface area contributed by atoms with Gasteiger partial charge in [0.05, 0.1) is 11.0 Å². The number of phenols is 1. The van der Waals surface area contributed by atoms with Crippen molar-refractivity contribution in [1.29, 1.82) is 0 Å². The minimum atomic E-state index is -0.444. The number of nitrogens with zero attached hydrogens (tertiary/aromatic N) is 1. The predicted molar refractivity (Wildman–Crippen MR) is 85.4 cm³/mol. The Balaban J connectivity index is 1.76. The van der Waals surface area contributed by atoms with Gasteiger partial charge in [-0.25, -0.2) is 0 Å². The van der Waals surface area contributed by atoms with Gasteiger partial charge in [-0.3, -0.25) is 10.1 Å². The van der Waals surface area contributed by atoms with E-state index < -0.39 is 4.92 Å². The number of nitro benzene ring substituents is 1. The third-order valence-corrected chi connectivity index (χ3v) is 6.99. The summed E-state index contributed by atoms with van der Waals surface area (Å²) in [5.74, 6) is 1.13. The second kappa shape index (κ2) is 4.94. The summed E-state index contributed by atoms with van der Waals surface area (Å²) in [6.45, 7) is 2.22. The molecule has 0 saturated heterocycles. The van der Waals surface area contributed by atoms with Gasteiger partial charge in [0.15, 0.2) is 5.75 Å². The van der Waals surface area contributed by atoms with Crippen LogP contribution in [0.3, 0.4) is 0 Å². The highest BCUT2D eigenvalue weighted by Gasteiger charge is 2.54. The lowest BCUT2D eigenvalue weighted by Crippen LogP contribution is -2.44. The molecule has 124 valence electrons. The lowest BCUT2D eigenvalue weighted by atomic mass is 9.55. The number of hydrogen-bond donors (Lipinski definition) is 2. The van der Waals surface area contributed by atoms with Crippen LogP contribution in [-0.2, 0) is 6.42 Å². The standard InChI is InChI=1S/C18H23NO4/c1-18-9-8-11-10-4-6-15(20)17(19(22)23)13(10)3-2-12(11)14(18)5-7-16(18)21/h4,6,11-12,14,16,20-21H,2-3,5,7-9H2,1H3/t11-,12-,14+,16-,18+/m1/s1. The third-order valence-electron chi connectivity index (χ3n) is 6.99. The molecule has 2 saturated carbocycles. The Morgan fingerprint density at radius 1 is 1.26 bits per heavy atom. The Kier molecular flexibility index (Phi) is 3.21. The SMILES string of the molecule is C[C@]12CC[C@@H]3c4ccc(O)c([N+](=O)[O-])c4CC[C@H]3[C@@H]1CC[C@H]2O. The molecule has 3 aliphatic rings. The molecular weight excluding hydrogens is 294 g/mol. The summed E-state index contributed by atoms with van der Waals surface area (Å²) < 4.78 is 0. The van der Waals surface area contributed by atoms with Crippen molar-refractivity contribution in [1.82, 2.24) is 0 Å². The Morgan fingerprint density at radius 3 is 2.78 bits per heavy atom. The number of aromatic hydroxyl groups is 1. The van der Waals surface area contributed by atoms with E-state index in [2.05, 4.69) is 6.92 Å². The van der Waals surface area contributed by atoms with Crippen LogP contribution in [0.15, 0.2) is 12.1 Å². The highest BCUT2D eigenvalue weighted by Crippen LogP contribution is 2.61. The van der Waals surface area contributed by atoms with E-state index in [1.807, 2.05) is 6.07 Å². The maximum Gasteiger partial charge on any atom is 0.314 e. The lowest BCUT2D eigenvalue weighted by molar-refractivity contribution is -0.386. The highest BCUT2D eigenvalue weighted by atomic mass is 16.6. The molecule has 0 aliphatic heterocycles. The summed E-state index contributed by atoms with van der Waals surface area (Å²) in [6, 6.07) is 3.37. The quantitative estimate of drug-likeness (QED) is 0.613. The number of aliphatic hydroxyl groups is 1. The molecule has 1 aromatic carbocycles. The Hall–Kier alpha value is -1.62. The Bertz CT molecular complexity index is 673. The second-order valence-electron chi connectivity index (χ2n) is 7.81. The molecule has 0 unspecified atom stereocenters. The van der Waals surface area contributed by atoms with Gasteiger partial charge >= 0.3 is 5.69 Å². The van der Waals surface area contributed by atoms with E-state index in [-0.39, 0.29) is 23.0 Å². The van der Waals surface area contributed by atoms with Crippen molar-refractivity contribution in [2.75, 3.05) is 0 Å². The van der Waals surface area contributed by atoms with Crippen LogP contribution in [0.5, 0.6) is 5.75 Å². The largest absolute Gasteiger partial charge is 0.502 e. The molecule has 2 fully saturated rings. The van der Waals surface area contributed by atoms with E-state index in [1.54, 1.807) is 0 Å². The number of hydrogen-bond acceptors (Lipinski definition) is 4. The van der Waals surface area contributed by atoms with Crippen molar-refractivity contribution in [3.05, 3.63) is 33.4 Å². The molecule has 3 aliphatic carbocycles.